The highest BCUT2D eigenvalue weighted by molar-refractivity contribution is 6.33. The van der Waals surface area contributed by atoms with Crippen LogP contribution in [0.4, 0.5) is 5.82 Å². The molecule has 104 valence electrons. The van der Waals surface area contributed by atoms with E-state index in [0.717, 1.165) is 26.1 Å². The number of hydrogen-bond donors (Lipinski definition) is 1. The van der Waals surface area contributed by atoms with Gasteiger partial charge in [0.25, 0.3) is 0 Å². The lowest BCUT2D eigenvalue weighted by Gasteiger charge is -2.29. The van der Waals surface area contributed by atoms with Crippen molar-refractivity contribution >= 4 is 23.4 Å². The number of carbonyl (C=O) groups is 1. The standard InChI is InChI=1S/C13H18ClN3O2/c1-9-8-16(2)4-3-5-17(9)12-6-10(13(18)19)11(14)7-15-12/h6-7,9H,3-5,8H2,1-2H3,(H,18,19). The first-order chi connectivity index (χ1) is 8.99. The molecule has 0 bridgehead atoms. The van der Waals surface area contributed by atoms with Crippen LogP contribution in [0.2, 0.25) is 5.02 Å². The second-order valence-corrected chi connectivity index (χ2v) is 5.39. The number of nitrogens with zero attached hydrogens (tertiary/aromatic N) is 3. The van der Waals surface area contributed by atoms with E-state index in [2.05, 4.69) is 28.8 Å². The molecule has 0 saturated carbocycles. The number of pyridine rings is 1. The Labute approximate surface area is 117 Å². The van der Waals surface area contributed by atoms with E-state index in [0.29, 0.717) is 11.9 Å². The molecule has 1 saturated heterocycles. The summed E-state index contributed by atoms with van der Waals surface area (Å²) in [4.78, 5) is 19.8. The number of anilines is 1. The van der Waals surface area contributed by atoms with Gasteiger partial charge in [0.15, 0.2) is 0 Å². The fourth-order valence-electron chi connectivity index (χ4n) is 2.46. The molecule has 1 aliphatic rings. The minimum Gasteiger partial charge on any atom is -0.478 e. The van der Waals surface area contributed by atoms with Crippen molar-refractivity contribution in [3.05, 3.63) is 22.8 Å². The van der Waals surface area contributed by atoms with E-state index in [9.17, 15) is 4.79 Å². The number of halogens is 1. The molecule has 0 radical (unpaired) electrons. The smallest absolute Gasteiger partial charge is 0.337 e. The summed E-state index contributed by atoms with van der Waals surface area (Å²) >= 11 is 5.85. The highest BCUT2D eigenvalue weighted by Crippen LogP contribution is 2.23. The third-order valence-corrected chi connectivity index (χ3v) is 3.71. The zero-order valence-corrected chi connectivity index (χ0v) is 11.9. The van der Waals surface area contributed by atoms with E-state index in [1.54, 1.807) is 6.07 Å². The van der Waals surface area contributed by atoms with Gasteiger partial charge in [0.1, 0.15) is 5.82 Å². The molecule has 6 heteroatoms. The van der Waals surface area contributed by atoms with Crippen molar-refractivity contribution in [1.29, 1.82) is 0 Å². The Hall–Kier alpha value is -1.33. The first-order valence-electron chi connectivity index (χ1n) is 6.33. The zero-order valence-electron chi connectivity index (χ0n) is 11.1. The van der Waals surface area contributed by atoms with Gasteiger partial charge in [0, 0.05) is 25.3 Å². The molecule has 1 unspecified atom stereocenters. The average Bonchev–Trinajstić information content (AvgIpc) is 2.50. The minimum absolute atomic E-state index is 0.108. The Morgan fingerprint density at radius 3 is 2.95 bits per heavy atom. The number of aromatic nitrogens is 1. The van der Waals surface area contributed by atoms with Crippen LogP contribution >= 0.6 is 11.6 Å². The quantitative estimate of drug-likeness (QED) is 0.899. The van der Waals surface area contributed by atoms with E-state index in [1.807, 2.05) is 0 Å². The largest absolute Gasteiger partial charge is 0.478 e. The van der Waals surface area contributed by atoms with Crippen molar-refractivity contribution in [3.8, 4) is 0 Å². The van der Waals surface area contributed by atoms with Gasteiger partial charge in [-0.2, -0.15) is 0 Å². The summed E-state index contributed by atoms with van der Waals surface area (Å²) in [5.74, 6) is -0.335. The fraction of sp³-hybridized carbons (Fsp3) is 0.538. The van der Waals surface area contributed by atoms with Crippen molar-refractivity contribution in [2.75, 3.05) is 31.6 Å². The molecule has 1 aromatic heterocycles. The SMILES string of the molecule is CC1CN(C)CCCN1c1cc(C(=O)O)c(Cl)cn1. The Bertz CT molecular complexity index is 481. The van der Waals surface area contributed by atoms with E-state index in [1.165, 1.54) is 6.20 Å². The van der Waals surface area contributed by atoms with Gasteiger partial charge in [-0.3, -0.25) is 0 Å². The molecule has 5 nitrogen and oxygen atoms in total. The molecule has 0 aliphatic carbocycles. The molecule has 0 amide bonds. The molecule has 0 spiro atoms. The van der Waals surface area contributed by atoms with Gasteiger partial charge in [-0.25, -0.2) is 9.78 Å². The molecule has 1 N–H and O–H groups in total. The van der Waals surface area contributed by atoms with Crippen molar-refractivity contribution in [2.24, 2.45) is 0 Å². The number of hydrogen-bond acceptors (Lipinski definition) is 4. The number of aromatic carboxylic acids is 1. The summed E-state index contributed by atoms with van der Waals surface area (Å²) < 4.78 is 0. The highest BCUT2D eigenvalue weighted by atomic mass is 35.5. The molecule has 1 aliphatic heterocycles. The number of carboxylic acid groups (broad SMARTS) is 1. The molecular weight excluding hydrogens is 266 g/mol. The van der Waals surface area contributed by atoms with Gasteiger partial charge in [0.2, 0.25) is 0 Å². The molecule has 1 aromatic rings. The molecule has 2 rings (SSSR count). The van der Waals surface area contributed by atoms with Crippen LogP contribution in [0.1, 0.15) is 23.7 Å². The van der Waals surface area contributed by atoms with Crippen LogP contribution in [-0.4, -0.2) is 53.7 Å². The number of likely N-dealkylation sites (N-methyl/N-ethyl adjacent to an activating group) is 1. The maximum atomic E-state index is 11.1. The van der Waals surface area contributed by atoms with E-state index in [-0.39, 0.29) is 10.6 Å². The molecule has 2 heterocycles. The lowest BCUT2D eigenvalue weighted by molar-refractivity contribution is 0.0697. The van der Waals surface area contributed by atoms with Crippen LogP contribution in [0.25, 0.3) is 0 Å². The van der Waals surface area contributed by atoms with Gasteiger partial charge in [0.05, 0.1) is 10.6 Å². The van der Waals surface area contributed by atoms with Crippen LogP contribution < -0.4 is 4.90 Å². The van der Waals surface area contributed by atoms with E-state index >= 15 is 0 Å². The summed E-state index contributed by atoms with van der Waals surface area (Å²) in [5, 5.41) is 9.29. The molecule has 1 atom stereocenters. The molecule has 0 aromatic carbocycles. The first-order valence-corrected chi connectivity index (χ1v) is 6.71. The van der Waals surface area contributed by atoms with Gasteiger partial charge >= 0.3 is 5.97 Å². The van der Waals surface area contributed by atoms with Crippen LogP contribution in [-0.2, 0) is 0 Å². The number of rotatable bonds is 2. The maximum absolute atomic E-state index is 11.1. The van der Waals surface area contributed by atoms with Crippen LogP contribution in [0.3, 0.4) is 0 Å². The summed E-state index contributed by atoms with van der Waals surface area (Å²) in [6.45, 7) is 4.98. The van der Waals surface area contributed by atoms with Gasteiger partial charge in [-0.1, -0.05) is 11.6 Å². The maximum Gasteiger partial charge on any atom is 0.337 e. The van der Waals surface area contributed by atoms with Crippen molar-refractivity contribution in [3.63, 3.8) is 0 Å². The Morgan fingerprint density at radius 2 is 2.26 bits per heavy atom. The molecule has 1 fully saturated rings. The normalized spacial score (nSPS) is 21.2. The Morgan fingerprint density at radius 1 is 1.53 bits per heavy atom. The molecular formula is C13H18ClN3O2. The van der Waals surface area contributed by atoms with Crippen LogP contribution in [0.15, 0.2) is 12.3 Å². The van der Waals surface area contributed by atoms with Gasteiger partial charge in [-0.05, 0) is 33.0 Å². The van der Waals surface area contributed by atoms with E-state index < -0.39 is 5.97 Å². The zero-order chi connectivity index (χ0) is 14.0. The van der Waals surface area contributed by atoms with Crippen LogP contribution in [0, 0.1) is 0 Å². The first kappa shape index (κ1) is 14.1. The third-order valence-electron chi connectivity index (χ3n) is 3.41. The van der Waals surface area contributed by atoms with Gasteiger partial charge < -0.3 is 14.9 Å². The number of carboxylic acids is 1. The lowest BCUT2D eigenvalue weighted by atomic mass is 10.2. The minimum atomic E-state index is -1.02. The molecule has 19 heavy (non-hydrogen) atoms. The topological polar surface area (TPSA) is 56.7 Å². The third kappa shape index (κ3) is 3.16. The summed E-state index contributed by atoms with van der Waals surface area (Å²) in [7, 11) is 2.10. The second kappa shape index (κ2) is 5.75. The highest BCUT2D eigenvalue weighted by Gasteiger charge is 2.22. The van der Waals surface area contributed by atoms with Crippen molar-refractivity contribution in [1.82, 2.24) is 9.88 Å². The second-order valence-electron chi connectivity index (χ2n) is 4.99. The Balaban J connectivity index is 2.30. The summed E-state index contributed by atoms with van der Waals surface area (Å²) in [6.07, 6.45) is 2.45. The van der Waals surface area contributed by atoms with Crippen LogP contribution in [0.5, 0.6) is 0 Å². The monoisotopic (exact) mass is 283 g/mol. The van der Waals surface area contributed by atoms with Crippen molar-refractivity contribution < 1.29 is 9.90 Å². The predicted octanol–water partition coefficient (Wildman–Crippen LogP) is 1.96. The summed E-state index contributed by atoms with van der Waals surface area (Å²) in [6, 6.07) is 1.86. The lowest BCUT2D eigenvalue weighted by Crippen LogP contribution is -2.38. The predicted molar refractivity (Wildman–Crippen MR) is 75.1 cm³/mol. The van der Waals surface area contributed by atoms with Crippen molar-refractivity contribution in [2.45, 2.75) is 19.4 Å². The summed E-state index contributed by atoms with van der Waals surface area (Å²) in [5.41, 5.74) is 0.108. The fourth-order valence-corrected chi connectivity index (χ4v) is 2.65. The average molecular weight is 284 g/mol. The Kier molecular flexibility index (Phi) is 4.27. The van der Waals surface area contributed by atoms with Gasteiger partial charge in [-0.15, -0.1) is 0 Å². The van der Waals surface area contributed by atoms with E-state index in [4.69, 9.17) is 16.7 Å².